The Morgan fingerprint density at radius 3 is 2.61 bits per heavy atom. The predicted octanol–water partition coefficient (Wildman–Crippen LogP) is 5.50. The van der Waals surface area contributed by atoms with Crippen LogP contribution in [0.3, 0.4) is 0 Å². The lowest BCUT2D eigenvalue weighted by molar-refractivity contribution is 0.476. The van der Waals surface area contributed by atoms with Crippen molar-refractivity contribution in [2.24, 2.45) is 4.99 Å². The molecule has 0 saturated heterocycles. The Bertz CT molecular complexity index is 731. The first kappa shape index (κ1) is 17.3. The largest absolute Gasteiger partial charge is 0.457 e. The molecule has 0 N–H and O–H groups in total. The van der Waals surface area contributed by atoms with Gasteiger partial charge in [-0.2, -0.15) is 0 Å². The molecule has 5 heteroatoms. The van der Waals surface area contributed by atoms with E-state index < -0.39 is 5.82 Å². The van der Waals surface area contributed by atoms with E-state index in [1.165, 1.54) is 12.1 Å². The summed E-state index contributed by atoms with van der Waals surface area (Å²) in [4.78, 5) is 6.49. The van der Waals surface area contributed by atoms with E-state index in [0.717, 1.165) is 23.4 Å². The van der Waals surface area contributed by atoms with Crippen molar-refractivity contribution in [1.82, 2.24) is 4.90 Å². The van der Waals surface area contributed by atoms with Gasteiger partial charge < -0.3 is 9.64 Å². The van der Waals surface area contributed by atoms with Gasteiger partial charge in [0.05, 0.1) is 17.0 Å². The van der Waals surface area contributed by atoms with E-state index >= 15 is 0 Å². The number of halogens is 2. The Labute approximate surface area is 141 Å². The zero-order valence-electron chi connectivity index (χ0n) is 13.7. The third-order valence-electron chi connectivity index (χ3n) is 3.51. The van der Waals surface area contributed by atoms with Gasteiger partial charge in [-0.25, -0.2) is 9.38 Å². The van der Waals surface area contributed by atoms with E-state index in [1.54, 1.807) is 6.07 Å². The predicted molar refractivity (Wildman–Crippen MR) is 93.9 cm³/mol. The number of ether oxygens (including phenoxy) is 1. The van der Waals surface area contributed by atoms with E-state index in [-0.39, 0.29) is 5.02 Å². The number of benzene rings is 2. The number of nitrogens with zero attached hydrogens (tertiary/aromatic N) is 2. The summed E-state index contributed by atoms with van der Waals surface area (Å²) in [5, 5.41) is 0.0423. The Morgan fingerprint density at radius 2 is 1.96 bits per heavy atom. The summed E-state index contributed by atoms with van der Waals surface area (Å²) in [6, 6.07) is 8.20. The highest BCUT2D eigenvalue weighted by Gasteiger charge is 2.08. The van der Waals surface area contributed by atoms with Crippen molar-refractivity contribution >= 4 is 23.6 Å². The average Bonchev–Trinajstić information content (AvgIpc) is 2.52. The molecule has 2 aromatic rings. The Hall–Kier alpha value is -2.07. The van der Waals surface area contributed by atoms with Crippen LogP contribution in [0.1, 0.15) is 18.1 Å². The summed E-state index contributed by atoms with van der Waals surface area (Å²) in [6.07, 6.45) is 1.81. The first-order valence-electron chi connectivity index (χ1n) is 7.39. The van der Waals surface area contributed by atoms with Crippen molar-refractivity contribution in [1.29, 1.82) is 0 Å². The van der Waals surface area contributed by atoms with Crippen LogP contribution in [0.15, 0.2) is 35.3 Å². The second-order valence-electron chi connectivity index (χ2n) is 5.40. The van der Waals surface area contributed by atoms with E-state index in [4.69, 9.17) is 16.3 Å². The summed E-state index contributed by atoms with van der Waals surface area (Å²) in [6.45, 7) is 6.88. The minimum Gasteiger partial charge on any atom is -0.457 e. The Kier molecular flexibility index (Phi) is 5.61. The normalized spacial score (nSPS) is 11.0. The molecule has 0 spiro atoms. The van der Waals surface area contributed by atoms with Gasteiger partial charge in [0.1, 0.15) is 17.3 Å². The lowest BCUT2D eigenvalue weighted by Gasteiger charge is -2.13. The fourth-order valence-electron chi connectivity index (χ4n) is 1.93. The third-order valence-corrected chi connectivity index (χ3v) is 3.79. The van der Waals surface area contributed by atoms with Crippen LogP contribution in [0.4, 0.5) is 10.1 Å². The highest BCUT2D eigenvalue weighted by atomic mass is 35.5. The minimum atomic E-state index is -0.461. The van der Waals surface area contributed by atoms with Gasteiger partial charge in [0.2, 0.25) is 0 Å². The molecule has 0 aromatic heterocycles. The molecular weight excluding hydrogens is 315 g/mol. The molecule has 2 aromatic carbocycles. The van der Waals surface area contributed by atoms with Crippen LogP contribution in [-0.4, -0.2) is 24.8 Å². The maximum absolute atomic E-state index is 13.2. The number of aliphatic imine (C=N–C) groups is 1. The summed E-state index contributed by atoms with van der Waals surface area (Å²) in [5.74, 6) is 0.741. The first-order chi connectivity index (χ1) is 10.9. The molecule has 0 amide bonds. The van der Waals surface area contributed by atoms with Crippen LogP contribution in [-0.2, 0) is 0 Å². The molecule has 23 heavy (non-hydrogen) atoms. The maximum atomic E-state index is 13.2. The Morgan fingerprint density at radius 1 is 1.22 bits per heavy atom. The van der Waals surface area contributed by atoms with E-state index in [1.807, 2.05) is 44.3 Å². The summed E-state index contributed by atoms with van der Waals surface area (Å²) >= 11 is 5.78. The summed E-state index contributed by atoms with van der Waals surface area (Å²) in [5.41, 5.74) is 2.84. The maximum Gasteiger partial charge on any atom is 0.142 e. The molecule has 0 fully saturated rings. The molecule has 0 saturated carbocycles. The van der Waals surface area contributed by atoms with E-state index in [0.29, 0.717) is 11.5 Å². The highest BCUT2D eigenvalue weighted by molar-refractivity contribution is 6.30. The molecular formula is C18H20ClFN2O. The minimum absolute atomic E-state index is 0.0423. The molecule has 122 valence electrons. The van der Waals surface area contributed by atoms with Gasteiger partial charge in [-0.15, -0.1) is 0 Å². The van der Waals surface area contributed by atoms with Crippen LogP contribution in [0, 0.1) is 19.7 Å². The zero-order valence-corrected chi connectivity index (χ0v) is 14.5. The highest BCUT2D eigenvalue weighted by Crippen LogP contribution is 2.32. The van der Waals surface area contributed by atoms with Gasteiger partial charge in [-0.1, -0.05) is 11.6 Å². The summed E-state index contributed by atoms with van der Waals surface area (Å²) < 4.78 is 19.0. The SMILES string of the molecule is CCN(C)/C=N/c1cc(C)c(Oc2ccc(F)c(Cl)c2)cc1C. The molecule has 0 atom stereocenters. The molecule has 3 nitrogen and oxygen atoms in total. The lowest BCUT2D eigenvalue weighted by Crippen LogP contribution is -2.14. The monoisotopic (exact) mass is 334 g/mol. The zero-order chi connectivity index (χ0) is 17.0. The van der Waals surface area contributed by atoms with Gasteiger partial charge in [-0.05, 0) is 56.2 Å². The second-order valence-corrected chi connectivity index (χ2v) is 5.81. The fraction of sp³-hybridized carbons (Fsp3) is 0.278. The molecule has 0 aliphatic heterocycles. The molecule has 0 aliphatic rings. The van der Waals surface area contributed by atoms with Crippen LogP contribution >= 0.6 is 11.6 Å². The number of hydrogen-bond donors (Lipinski definition) is 0. The smallest absolute Gasteiger partial charge is 0.142 e. The van der Waals surface area contributed by atoms with Crippen molar-refractivity contribution in [3.8, 4) is 11.5 Å². The van der Waals surface area contributed by atoms with Gasteiger partial charge >= 0.3 is 0 Å². The molecule has 0 heterocycles. The standard InChI is InChI=1S/C18H20ClFN2O/c1-5-22(4)11-21-17-8-13(3)18(9-12(17)2)23-14-6-7-16(20)15(19)10-14/h6-11H,5H2,1-4H3/b21-11+. The number of aryl methyl sites for hydroxylation is 2. The quantitative estimate of drug-likeness (QED) is 0.532. The topological polar surface area (TPSA) is 24.8 Å². The van der Waals surface area contributed by atoms with Crippen molar-refractivity contribution < 1.29 is 9.13 Å². The molecule has 0 aliphatic carbocycles. The van der Waals surface area contributed by atoms with Crippen molar-refractivity contribution in [3.63, 3.8) is 0 Å². The van der Waals surface area contributed by atoms with Crippen molar-refractivity contribution in [2.75, 3.05) is 13.6 Å². The van der Waals surface area contributed by atoms with Crippen molar-refractivity contribution in [3.05, 3.63) is 52.3 Å². The molecule has 2 rings (SSSR count). The molecule has 0 unspecified atom stereocenters. The second kappa shape index (κ2) is 7.47. The Balaban J connectivity index is 2.25. The van der Waals surface area contributed by atoms with Crippen molar-refractivity contribution in [2.45, 2.75) is 20.8 Å². The van der Waals surface area contributed by atoms with E-state index in [9.17, 15) is 4.39 Å². The van der Waals surface area contributed by atoms with Crippen LogP contribution in [0.25, 0.3) is 0 Å². The fourth-order valence-corrected chi connectivity index (χ4v) is 2.10. The van der Waals surface area contributed by atoms with Crippen LogP contribution in [0.5, 0.6) is 11.5 Å². The van der Waals surface area contributed by atoms with Gasteiger partial charge in [-0.3, -0.25) is 0 Å². The number of hydrogen-bond acceptors (Lipinski definition) is 2. The van der Waals surface area contributed by atoms with Gasteiger partial charge in [0.15, 0.2) is 0 Å². The third kappa shape index (κ3) is 4.45. The van der Waals surface area contributed by atoms with Gasteiger partial charge in [0.25, 0.3) is 0 Å². The van der Waals surface area contributed by atoms with Crippen LogP contribution in [0.2, 0.25) is 5.02 Å². The lowest BCUT2D eigenvalue weighted by atomic mass is 10.1. The average molecular weight is 335 g/mol. The molecule has 0 bridgehead atoms. The van der Waals surface area contributed by atoms with Gasteiger partial charge in [0, 0.05) is 19.7 Å². The number of rotatable bonds is 5. The van der Waals surface area contributed by atoms with E-state index in [2.05, 4.69) is 11.9 Å². The summed E-state index contributed by atoms with van der Waals surface area (Å²) in [7, 11) is 1.97. The first-order valence-corrected chi connectivity index (χ1v) is 7.77. The van der Waals surface area contributed by atoms with Crippen LogP contribution < -0.4 is 4.74 Å². The molecule has 0 radical (unpaired) electrons.